The number of aromatic nitrogens is 2. The van der Waals surface area contributed by atoms with Gasteiger partial charge < -0.3 is 0 Å². The Morgan fingerprint density at radius 3 is 2.64 bits per heavy atom. The van der Waals surface area contributed by atoms with Crippen molar-refractivity contribution in [2.24, 2.45) is 0 Å². The molecule has 0 atom stereocenters. The summed E-state index contributed by atoms with van der Waals surface area (Å²) in [6.07, 6.45) is 0. The Bertz CT molecular complexity index is 849. The molecule has 0 saturated carbocycles. The Hall–Kier alpha value is -1.29. The van der Waals surface area contributed by atoms with Gasteiger partial charge in [0, 0.05) is 20.9 Å². The van der Waals surface area contributed by atoms with Crippen LogP contribution in [0.1, 0.15) is 12.5 Å². The molecule has 0 bridgehead atoms. The Morgan fingerprint density at radius 2 is 1.86 bits per heavy atom. The first kappa shape index (κ1) is 15.6. The smallest absolute Gasteiger partial charge is 0.162 e. The second-order valence-electron chi connectivity index (χ2n) is 4.93. The van der Waals surface area contributed by atoms with Crippen LogP contribution in [-0.2, 0) is 0 Å². The summed E-state index contributed by atoms with van der Waals surface area (Å²) in [5, 5.41) is 2.06. The molecule has 3 aromatic rings. The molecule has 112 valence electrons. The van der Waals surface area contributed by atoms with Crippen molar-refractivity contribution in [3.63, 3.8) is 0 Å². The van der Waals surface area contributed by atoms with Gasteiger partial charge in [-0.3, -0.25) is 0 Å². The number of aryl methyl sites for hydroxylation is 1. The summed E-state index contributed by atoms with van der Waals surface area (Å²) in [4.78, 5) is 10.2. The lowest BCUT2D eigenvalue weighted by molar-refractivity contribution is 1.20. The highest BCUT2D eigenvalue weighted by atomic mass is 35.5. The Kier molecular flexibility index (Phi) is 4.57. The van der Waals surface area contributed by atoms with Crippen LogP contribution >= 0.6 is 35.0 Å². The Morgan fingerprint density at radius 1 is 1.05 bits per heavy atom. The minimum Gasteiger partial charge on any atom is -0.228 e. The van der Waals surface area contributed by atoms with Crippen LogP contribution in [-0.4, -0.2) is 15.7 Å². The number of fused-ring (bicyclic) bond motifs is 1. The Balaban J connectivity index is 2.22. The third kappa shape index (κ3) is 3.07. The maximum absolute atomic E-state index is 6.34. The molecule has 0 aliphatic rings. The van der Waals surface area contributed by atoms with Crippen molar-refractivity contribution in [3.05, 3.63) is 52.1 Å². The number of hydrogen-bond acceptors (Lipinski definition) is 3. The third-order valence-corrected chi connectivity index (χ3v) is 4.75. The van der Waals surface area contributed by atoms with Crippen LogP contribution in [0, 0.1) is 6.92 Å². The zero-order valence-electron chi connectivity index (χ0n) is 12.2. The number of hydrogen-bond donors (Lipinski definition) is 0. The zero-order valence-corrected chi connectivity index (χ0v) is 14.6. The van der Waals surface area contributed by atoms with Crippen molar-refractivity contribution in [1.29, 1.82) is 0 Å². The molecule has 0 spiro atoms. The van der Waals surface area contributed by atoms with Gasteiger partial charge in [-0.1, -0.05) is 36.2 Å². The van der Waals surface area contributed by atoms with Crippen LogP contribution < -0.4 is 0 Å². The molecule has 0 fully saturated rings. The zero-order chi connectivity index (χ0) is 15.7. The maximum Gasteiger partial charge on any atom is 0.162 e. The summed E-state index contributed by atoms with van der Waals surface area (Å²) in [6.45, 7) is 4.14. The SMILES string of the molecule is CCSc1cc(Cl)ccc1-c1nc(Cl)c2ccc(C)cc2n1. The fourth-order valence-corrected chi connectivity index (χ4v) is 3.59. The standard InChI is InChI=1S/C17H14Cl2N2S/c1-3-22-15-9-11(18)5-7-13(15)17-20-14-8-10(2)4-6-12(14)16(19)21-17/h4-9H,3H2,1-2H3. The lowest BCUT2D eigenvalue weighted by atomic mass is 10.1. The van der Waals surface area contributed by atoms with Gasteiger partial charge in [-0.05, 0) is 48.6 Å². The summed E-state index contributed by atoms with van der Waals surface area (Å²) in [7, 11) is 0. The van der Waals surface area contributed by atoms with Gasteiger partial charge in [-0.25, -0.2) is 9.97 Å². The molecular weight excluding hydrogens is 335 g/mol. The van der Waals surface area contributed by atoms with Gasteiger partial charge in [-0.15, -0.1) is 11.8 Å². The molecule has 1 aromatic heterocycles. The van der Waals surface area contributed by atoms with Crippen LogP contribution in [0.5, 0.6) is 0 Å². The van der Waals surface area contributed by atoms with Crippen molar-refractivity contribution in [3.8, 4) is 11.4 Å². The molecule has 5 heteroatoms. The maximum atomic E-state index is 6.34. The lowest BCUT2D eigenvalue weighted by Gasteiger charge is -2.10. The number of benzene rings is 2. The van der Waals surface area contributed by atoms with Gasteiger partial charge >= 0.3 is 0 Å². The van der Waals surface area contributed by atoms with Gasteiger partial charge in [0.2, 0.25) is 0 Å². The normalized spacial score (nSPS) is 11.1. The van der Waals surface area contributed by atoms with Crippen LogP contribution in [0.3, 0.4) is 0 Å². The molecule has 0 N–H and O–H groups in total. The number of nitrogens with zero attached hydrogens (tertiary/aromatic N) is 2. The van der Waals surface area contributed by atoms with Crippen molar-refractivity contribution >= 4 is 45.9 Å². The van der Waals surface area contributed by atoms with E-state index in [1.165, 1.54) is 0 Å². The van der Waals surface area contributed by atoms with E-state index in [1.54, 1.807) is 11.8 Å². The highest BCUT2D eigenvalue weighted by Gasteiger charge is 2.12. The molecule has 1 heterocycles. The van der Waals surface area contributed by atoms with Crippen molar-refractivity contribution in [2.75, 3.05) is 5.75 Å². The van der Waals surface area contributed by atoms with Crippen LogP contribution in [0.25, 0.3) is 22.3 Å². The summed E-state index contributed by atoms with van der Waals surface area (Å²) in [5.74, 6) is 1.59. The topological polar surface area (TPSA) is 25.8 Å². The molecule has 2 nitrogen and oxygen atoms in total. The first-order valence-electron chi connectivity index (χ1n) is 6.95. The number of rotatable bonds is 3. The largest absolute Gasteiger partial charge is 0.228 e. The third-order valence-electron chi connectivity index (χ3n) is 3.29. The van der Waals surface area contributed by atoms with Crippen molar-refractivity contribution in [2.45, 2.75) is 18.7 Å². The molecule has 0 saturated heterocycles. The quantitative estimate of drug-likeness (QED) is 0.427. The molecule has 2 aromatic carbocycles. The van der Waals surface area contributed by atoms with E-state index in [0.717, 1.165) is 32.7 Å². The van der Waals surface area contributed by atoms with Crippen LogP contribution in [0.15, 0.2) is 41.3 Å². The van der Waals surface area contributed by atoms with Gasteiger partial charge in [0.05, 0.1) is 5.52 Å². The van der Waals surface area contributed by atoms with E-state index in [0.29, 0.717) is 16.0 Å². The molecule has 0 radical (unpaired) electrons. The highest BCUT2D eigenvalue weighted by molar-refractivity contribution is 7.99. The summed E-state index contributed by atoms with van der Waals surface area (Å²) < 4.78 is 0. The second-order valence-corrected chi connectivity index (χ2v) is 7.03. The van der Waals surface area contributed by atoms with Gasteiger partial charge in [0.15, 0.2) is 5.82 Å². The minimum atomic E-state index is 0.474. The average Bonchev–Trinajstić information content (AvgIpc) is 2.47. The predicted octanol–water partition coefficient (Wildman–Crippen LogP) is 6.02. The molecule has 3 rings (SSSR count). The summed E-state index contributed by atoms with van der Waals surface area (Å²) in [6, 6.07) is 11.7. The molecule has 0 aliphatic heterocycles. The van der Waals surface area contributed by atoms with Crippen molar-refractivity contribution < 1.29 is 0 Å². The van der Waals surface area contributed by atoms with E-state index in [9.17, 15) is 0 Å². The van der Waals surface area contributed by atoms with E-state index >= 15 is 0 Å². The number of halogens is 2. The fraction of sp³-hybridized carbons (Fsp3) is 0.176. The number of thioether (sulfide) groups is 1. The molecule has 0 amide bonds. The predicted molar refractivity (Wildman–Crippen MR) is 96.1 cm³/mol. The van der Waals surface area contributed by atoms with Gasteiger partial charge in [0.1, 0.15) is 5.15 Å². The Labute approximate surface area is 143 Å². The highest BCUT2D eigenvalue weighted by Crippen LogP contribution is 2.34. The summed E-state index contributed by atoms with van der Waals surface area (Å²) >= 11 is 14.2. The van der Waals surface area contributed by atoms with E-state index in [2.05, 4.69) is 16.9 Å². The first-order valence-corrected chi connectivity index (χ1v) is 8.69. The monoisotopic (exact) mass is 348 g/mol. The first-order chi connectivity index (χ1) is 10.6. The van der Waals surface area contributed by atoms with Gasteiger partial charge in [-0.2, -0.15) is 0 Å². The molecular formula is C17H14Cl2N2S. The lowest BCUT2D eigenvalue weighted by Crippen LogP contribution is -1.94. The van der Waals surface area contributed by atoms with Crippen molar-refractivity contribution in [1.82, 2.24) is 9.97 Å². The summed E-state index contributed by atoms with van der Waals surface area (Å²) in [5.41, 5.74) is 2.96. The molecule has 22 heavy (non-hydrogen) atoms. The molecule has 0 aliphatic carbocycles. The van der Waals surface area contributed by atoms with E-state index in [4.69, 9.17) is 23.2 Å². The fourth-order valence-electron chi connectivity index (χ4n) is 2.28. The van der Waals surface area contributed by atoms with E-state index in [1.807, 2.05) is 43.3 Å². The average molecular weight is 349 g/mol. The van der Waals surface area contributed by atoms with Crippen LogP contribution in [0.4, 0.5) is 0 Å². The van der Waals surface area contributed by atoms with Crippen LogP contribution in [0.2, 0.25) is 10.2 Å². The minimum absolute atomic E-state index is 0.474. The second kappa shape index (κ2) is 6.45. The van der Waals surface area contributed by atoms with E-state index < -0.39 is 0 Å². The van der Waals surface area contributed by atoms with E-state index in [-0.39, 0.29) is 0 Å². The molecule has 0 unspecified atom stereocenters. The van der Waals surface area contributed by atoms with Gasteiger partial charge in [0.25, 0.3) is 0 Å².